The van der Waals surface area contributed by atoms with Crippen LogP contribution in [0.4, 0.5) is 11.4 Å². The number of benzene rings is 2. The molecule has 3 aromatic rings. The Hall–Kier alpha value is -3.78. The number of furan rings is 1. The minimum absolute atomic E-state index is 0.0885. The standard InChI is InChI=1S/C21H17ClN2O6/c1-28-17-9-8-13(22)11-16(17)23-19(25)12-30-21(27)14-5-2-3-6-15(14)24-20(26)18-7-4-10-29-18/h2-11H,12H2,1H3,(H,23,25)(H,24,26). The number of halogens is 1. The Kier molecular flexibility index (Phi) is 6.71. The van der Waals surface area contributed by atoms with E-state index in [1.165, 1.54) is 37.6 Å². The molecule has 0 aliphatic carbocycles. The van der Waals surface area contributed by atoms with E-state index in [1.807, 2.05) is 0 Å². The number of esters is 1. The van der Waals surface area contributed by atoms with Crippen molar-refractivity contribution < 1.29 is 28.3 Å². The summed E-state index contributed by atoms with van der Waals surface area (Å²) in [6.45, 7) is -0.547. The van der Waals surface area contributed by atoms with Crippen LogP contribution >= 0.6 is 11.6 Å². The van der Waals surface area contributed by atoms with Gasteiger partial charge in [-0.3, -0.25) is 9.59 Å². The minimum atomic E-state index is -0.779. The van der Waals surface area contributed by atoms with Gasteiger partial charge in [0.1, 0.15) is 5.75 Å². The first kappa shape index (κ1) is 20.9. The van der Waals surface area contributed by atoms with Gasteiger partial charge in [0.15, 0.2) is 12.4 Å². The van der Waals surface area contributed by atoms with E-state index < -0.39 is 24.4 Å². The zero-order valence-electron chi connectivity index (χ0n) is 15.8. The molecule has 1 aromatic heterocycles. The fraction of sp³-hybridized carbons (Fsp3) is 0.0952. The Bertz CT molecular complexity index is 1070. The van der Waals surface area contributed by atoms with E-state index in [0.29, 0.717) is 16.5 Å². The first-order chi connectivity index (χ1) is 14.5. The highest BCUT2D eigenvalue weighted by molar-refractivity contribution is 6.31. The monoisotopic (exact) mass is 428 g/mol. The molecular weight excluding hydrogens is 412 g/mol. The number of anilines is 2. The van der Waals surface area contributed by atoms with Gasteiger partial charge < -0.3 is 24.5 Å². The van der Waals surface area contributed by atoms with Gasteiger partial charge in [0.2, 0.25) is 0 Å². The van der Waals surface area contributed by atoms with Crippen molar-refractivity contribution in [3.63, 3.8) is 0 Å². The molecule has 3 rings (SSSR count). The molecule has 0 saturated carbocycles. The summed E-state index contributed by atoms with van der Waals surface area (Å²) in [7, 11) is 1.45. The van der Waals surface area contributed by atoms with E-state index in [9.17, 15) is 14.4 Å². The Morgan fingerprint density at radius 1 is 1.00 bits per heavy atom. The predicted octanol–water partition coefficient (Wildman–Crippen LogP) is 3.99. The molecule has 8 nitrogen and oxygen atoms in total. The first-order valence-electron chi connectivity index (χ1n) is 8.72. The van der Waals surface area contributed by atoms with Gasteiger partial charge in [-0.15, -0.1) is 0 Å². The summed E-state index contributed by atoms with van der Waals surface area (Å²) < 4.78 is 15.3. The third-order valence-corrected chi connectivity index (χ3v) is 4.15. The molecule has 0 radical (unpaired) electrons. The van der Waals surface area contributed by atoms with Gasteiger partial charge in [0.05, 0.1) is 30.3 Å². The average molecular weight is 429 g/mol. The second kappa shape index (κ2) is 9.62. The number of para-hydroxylation sites is 1. The van der Waals surface area contributed by atoms with Crippen LogP contribution in [-0.2, 0) is 9.53 Å². The molecule has 1 heterocycles. The number of carbonyl (C=O) groups excluding carboxylic acids is 3. The van der Waals surface area contributed by atoms with Gasteiger partial charge in [-0.1, -0.05) is 23.7 Å². The van der Waals surface area contributed by atoms with Gasteiger partial charge in [-0.2, -0.15) is 0 Å². The highest BCUT2D eigenvalue weighted by Crippen LogP contribution is 2.27. The van der Waals surface area contributed by atoms with E-state index in [-0.39, 0.29) is 17.0 Å². The summed E-state index contributed by atoms with van der Waals surface area (Å²) in [6.07, 6.45) is 1.36. The highest BCUT2D eigenvalue weighted by atomic mass is 35.5. The molecule has 30 heavy (non-hydrogen) atoms. The highest BCUT2D eigenvalue weighted by Gasteiger charge is 2.18. The van der Waals surface area contributed by atoms with E-state index >= 15 is 0 Å². The van der Waals surface area contributed by atoms with Crippen LogP contribution in [0, 0.1) is 0 Å². The molecule has 154 valence electrons. The van der Waals surface area contributed by atoms with Crippen LogP contribution in [-0.4, -0.2) is 31.5 Å². The number of rotatable bonds is 7. The molecule has 0 bridgehead atoms. The molecule has 2 amide bonds. The zero-order chi connectivity index (χ0) is 21.5. The number of ether oxygens (including phenoxy) is 2. The number of carbonyl (C=O) groups is 3. The summed E-state index contributed by atoms with van der Waals surface area (Å²) in [6, 6.07) is 14.0. The van der Waals surface area contributed by atoms with Crippen molar-refractivity contribution in [3.05, 3.63) is 77.2 Å². The van der Waals surface area contributed by atoms with Crippen molar-refractivity contribution >= 4 is 40.8 Å². The quantitative estimate of drug-likeness (QED) is 0.551. The van der Waals surface area contributed by atoms with Crippen LogP contribution in [0.5, 0.6) is 5.75 Å². The van der Waals surface area contributed by atoms with Gasteiger partial charge in [-0.25, -0.2) is 4.79 Å². The zero-order valence-corrected chi connectivity index (χ0v) is 16.6. The third kappa shape index (κ3) is 5.18. The van der Waals surface area contributed by atoms with Crippen molar-refractivity contribution in [1.29, 1.82) is 0 Å². The van der Waals surface area contributed by atoms with Crippen LogP contribution in [0.2, 0.25) is 5.02 Å². The lowest BCUT2D eigenvalue weighted by molar-refractivity contribution is -0.119. The predicted molar refractivity (Wildman–Crippen MR) is 110 cm³/mol. The van der Waals surface area contributed by atoms with Gasteiger partial charge >= 0.3 is 5.97 Å². The van der Waals surface area contributed by atoms with Crippen LogP contribution in [0.15, 0.2) is 65.3 Å². The molecule has 9 heteroatoms. The Labute approximate surface area is 176 Å². The Morgan fingerprint density at radius 3 is 2.53 bits per heavy atom. The van der Waals surface area contributed by atoms with Gasteiger partial charge in [0.25, 0.3) is 11.8 Å². The Morgan fingerprint density at radius 2 is 1.80 bits per heavy atom. The van der Waals surface area contributed by atoms with Gasteiger partial charge in [0, 0.05) is 5.02 Å². The Balaban J connectivity index is 1.63. The average Bonchev–Trinajstić information content (AvgIpc) is 3.28. The molecule has 0 spiro atoms. The summed E-state index contributed by atoms with van der Waals surface area (Å²) >= 11 is 5.93. The second-order valence-corrected chi connectivity index (χ2v) is 6.38. The van der Waals surface area contributed by atoms with Gasteiger partial charge in [-0.05, 0) is 42.5 Å². The maximum absolute atomic E-state index is 12.4. The van der Waals surface area contributed by atoms with E-state index in [0.717, 1.165) is 0 Å². The minimum Gasteiger partial charge on any atom is -0.495 e. The van der Waals surface area contributed by atoms with Crippen molar-refractivity contribution in [3.8, 4) is 5.75 Å². The maximum Gasteiger partial charge on any atom is 0.340 e. The third-order valence-electron chi connectivity index (χ3n) is 3.91. The van der Waals surface area contributed by atoms with E-state index in [1.54, 1.807) is 30.3 Å². The number of amides is 2. The molecule has 2 aromatic carbocycles. The van der Waals surface area contributed by atoms with Crippen molar-refractivity contribution in [1.82, 2.24) is 0 Å². The fourth-order valence-corrected chi connectivity index (χ4v) is 2.71. The lowest BCUT2D eigenvalue weighted by Crippen LogP contribution is -2.22. The molecule has 0 saturated heterocycles. The van der Waals surface area contributed by atoms with E-state index in [2.05, 4.69) is 10.6 Å². The van der Waals surface area contributed by atoms with Crippen molar-refractivity contribution in [2.24, 2.45) is 0 Å². The van der Waals surface area contributed by atoms with Crippen LogP contribution in [0.25, 0.3) is 0 Å². The summed E-state index contributed by atoms with van der Waals surface area (Å²) in [4.78, 5) is 36.8. The summed E-state index contributed by atoms with van der Waals surface area (Å²) in [5.41, 5.74) is 0.656. The van der Waals surface area contributed by atoms with E-state index in [4.69, 9.17) is 25.5 Å². The fourth-order valence-electron chi connectivity index (χ4n) is 2.53. The smallest absolute Gasteiger partial charge is 0.340 e. The second-order valence-electron chi connectivity index (χ2n) is 5.95. The molecule has 2 N–H and O–H groups in total. The largest absolute Gasteiger partial charge is 0.495 e. The van der Waals surface area contributed by atoms with Crippen LogP contribution in [0.1, 0.15) is 20.9 Å². The molecule has 0 unspecified atom stereocenters. The molecule has 0 aliphatic heterocycles. The van der Waals surface area contributed by atoms with Crippen molar-refractivity contribution in [2.75, 3.05) is 24.4 Å². The number of methoxy groups -OCH3 is 1. The first-order valence-corrected chi connectivity index (χ1v) is 9.10. The molecule has 0 fully saturated rings. The number of hydrogen-bond donors (Lipinski definition) is 2. The maximum atomic E-state index is 12.4. The summed E-state index contributed by atoms with van der Waals surface area (Å²) in [5.74, 6) is -1.39. The lowest BCUT2D eigenvalue weighted by Gasteiger charge is -2.12. The number of hydrogen-bond acceptors (Lipinski definition) is 6. The molecule has 0 aliphatic rings. The SMILES string of the molecule is COc1ccc(Cl)cc1NC(=O)COC(=O)c1ccccc1NC(=O)c1ccco1. The summed E-state index contributed by atoms with van der Waals surface area (Å²) in [5, 5.41) is 5.55. The lowest BCUT2D eigenvalue weighted by atomic mass is 10.1. The van der Waals surface area contributed by atoms with Crippen LogP contribution < -0.4 is 15.4 Å². The van der Waals surface area contributed by atoms with Crippen molar-refractivity contribution in [2.45, 2.75) is 0 Å². The van der Waals surface area contributed by atoms with Crippen LogP contribution in [0.3, 0.4) is 0 Å². The topological polar surface area (TPSA) is 107 Å². The molecule has 0 atom stereocenters. The number of nitrogens with one attached hydrogen (secondary N) is 2. The normalized spacial score (nSPS) is 10.2. The molecular formula is C21H17ClN2O6.